The molecule has 0 aromatic carbocycles. The van der Waals surface area contributed by atoms with Crippen LogP contribution in [0.15, 0.2) is 23.1 Å². The van der Waals surface area contributed by atoms with Crippen LogP contribution in [-0.2, 0) is 0 Å². The molecule has 0 aliphatic heterocycles. The highest BCUT2D eigenvalue weighted by Crippen LogP contribution is 2.03. The first-order valence-electron chi connectivity index (χ1n) is 5.67. The van der Waals surface area contributed by atoms with Crippen molar-refractivity contribution in [1.29, 1.82) is 0 Å². The minimum absolute atomic E-state index is 0.128. The van der Waals surface area contributed by atoms with Crippen molar-refractivity contribution in [2.45, 2.75) is 39.2 Å². The van der Waals surface area contributed by atoms with E-state index in [1.807, 2.05) is 6.92 Å². The van der Waals surface area contributed by atoms with Gasteiger partial charge >= 0.3 is 0 Å². The van der Waals surface area contributed by atoms with Gasteiger partial charge < -0.3 is 10.3 Å². The van der Waals surface area contributed by atoms with Gasteiger partial charge in [0.1, 0.15) is 0 Å². The quantitative estimate of drug-likeness (QED) is 0.796. The van der Waals surface area contributed by atoms with Gasteiger partial charge in [0.15, 0.2) is 0 Å². The standard InChI is InChI=1S/C12H18N2O2/c1-3-5-10(4-2)14-12(16)9-6-7-11(15)13-8-9/h6-8,10H,3-5H2,1-2H3,(H,13,15)(H,14,16). The first kappa shape index (κ1) is 12.5. The van der Waals surface area contributed by atoms with Gasteiger partial charge in [0.05, 0.1) is 5.56 Å². The molecular formula is C12H18N2O2. The SMILES string of the molecule is CCCC(CC)NC(=O)c1ccc(=O)[nH]c1. The Bertz CT molecular complexity index is 378. The minimum Gasteiger partial charge on any atom is -0.349 e. The van der Waals surface area contributed by atoms with E-state index in [1.165, 1.54) is 18.3 Å². The summed E-state index contributed by atoms with van der Waals surface area (Å²) >= 11 is 0. The van der Waals surface area contributed by atoms with E-state index in [0.29, 0.717) is 5.56 Å². The number of aromatic amines is 1. The Kier molecular flexibility index (Phi) is 4.76. The van der Waals surface area contributed by atoms with Crippen LogP contribution in [0, 0.1) is 0 Å². The van der Waals surface area contributed by atoms with Crippen LogP contribution >= 0.6 is 0 Å². The van der Waals surface area contributed by atoms with E-state index < -0.39 is 0 Å². The number of pyridine rings is 1. The number of rotatable bonds is 5. The van der Waals surface area contributed by atoms with Crippen molar-refractivity contribution in [1.82, 2.24) is 10.3 Å². The number of carbonyl (C=O) groups is 1. The van der Waals surface area contributed by atoms with E-state index in [9.17, 15) is 9.59 Å². The molecule has 0 spiro atoms. The van der Waals surface area contributed by atoms with Crippen molar-refractivity contribution in [2.75, 3.05) is 0 Å². The molecule has 0 saturated carbocycles. The molecule has 0 radical (unpaired) electrons. The molecule has 4 heteroatoms. The van der Waals surface area contributed by atoms with Crippen LogP contribution < -0.4 is 10.9 Å². The van der Waals surface area contributed by atoms with E-state index in [4.69, 9.17) is 0 Å². The average Bonchev–Trinajstić information content (AvgIpc) is 2.29. The molecule has 0 bridgehead atoms. The number of H-pyrrole nitrogens is 1. The lowest BCUT2D eigenvalue weighted by atomic mass is 10.1. The lowest BCUT2D eigenvalue weighted by Crippen LogP contribution is -2.34. The van der Waals surface area contributed by atoms with E-state index in [1.54, 1.807) is 0 Å². The number of hydrogen-bond acceptors (Lipinski definition) is 2. The monoisotopic (exact) mass is 222 g/mol. The van der Waals surface area contributed by atoms with Crippen LogP contribution in [0.5, 0.6) is 0 Å². The van der Waals surface area contributed by atoms with Crippen LogP contribution in [0.2, 0.25) is 0 Å². The zero-order valence-corrected chi connectivity index (χ0v) is 9.75. The van der Waals surface area contributed by atoms with Crippen molar-refractivity contribution in [3.05, 3.63) is 34.2 Å². The third-order valence-corrected chi connectivity index (χ3v) is 2.51. The third-order valence-electron chi connectivity index (χ3n) is 2.51. The van der Waals surface area contributed by atoms with Gasteiger partial charge in [0.25, 0.3) is 5.91 Å². The predicted molar refractivity (Wildman–Crippen MR) is 63.5 cm³/mol. The average molecular weight is 222 g/mol. The highest BCUT2D eigenvalue weighted by atomic mass is 16.2. The first-order chi connectivity index (χ1) is 7.67. The largest absolute Gasteiger partial charge is 0.349 e. The molecule has 1 atom stereocenters. The van der Waals surface area contributed by atoms with Crippen molar-refractivity contribution >= 4 is 5.91 Å². The van der Waals surface area contributed by atoms with Gasteiger partial charge in [-0.2, -0.15) is 0 Å². The van der Waals surface area contributed by atoms with Gasteiger partial charge in [-0.05, 0) is 18.9 Å². The Hall–Kier alpha value is -1.58. The molecule has 4 nitrogen and oxygen atoms in total. The molecule has 1 aromatic heterocycles. The van der Waals surface area contributed by atoms with Crippen LogP contribution in [0.3, 0.4) is 0 Å². The number of hydrogen-bond donors (Lipinski definition) is 2. The number of amides is 1. The molecular weight excluding hydrogens is 204 g/mol. The van der Waals surface area contributed by atoms with E-state index in [0.717, 1.165) is 19.3 Å². The fraction of sp³-hybridized carbons (Fsp3) is 0.500. The van der Waals surface area contributed by atoms with Crippen LogP contribution in [-0.4, -0.2) is 16.9 Å². The summed E-state index contributed by atoms with van der Waals surface area (Å²) in [6.45, 7) is 4.14. The molecule has 0 saturated heterocycles. The second-order valence-electron chi connectivity index (χ2n) is 3.81. The highest BCUT2D eigenvalue weighted by Gasteiger charge is 2.10. The molecule has 1 rings (SSSR count). The van der Waals surface area contributed by atoms with Crippen LogP contribution in [0.4, 0.5) is 0 Å². The second-order valence-corrected chi connectivity index (χ2v) is 3.81. The summed E-state index contributed by atoms with van der Waals surface area (Å²) in [5.41, 5.74) is 0.298. The summed E-state index contributed by atoms with van der Waals surface area (Å²) in [6, 6.07) is 3.10. The Morgan fingerprint density at radius 3 is 2.69 bits per heavy atom. The second kappa shape index (κ2) is 6.10. The topological polar surface area (TPSA) is 62.0 Å². The van der Waals surface area contributed by atoms with E-state index in [2.05, 4.69) is 17.2 Å². The lowest BCUT2D eigenvalue weighted by Gasteiger charge is -2.15. The van der Waals surface area contributed by atoms with Crippen molar-refractivity contribution in [3.8, 4) is 0 Å². The fourth-order valence-corrected chi connectivity index (χ4v) is 1.55. The van der Waals surface area contributed by atoms with Crippen molar-refractivity contribution in [2.24, 2.45) is 0 Å². The molecule has 1 aromatic rings. The molecule has 1 heterocycles. The van der Waals surface area contributed by atoms with Gasteiger partial charge in [0.2, 0.25) is 5.56 Å². The lowest BCUT2D eigenvalue weighted by molar-refractivity contribution is 0.0933. The maximum Gasteiger partial charge on any atom is 0.252 e. The number of carbonyl (C=O) groups excluding carboxylic acids is 1. The Balaban J connectivity index is 2.64. The van der Waals surface area contributed by atoms with Crippen molar-refractivity contribution in [3.63, 3.8) is 0 Å². The highest BCUT2D eigenvalue weighted by molar-refractivity contribution is 5.93. The zero-order chi connectivity index (χ0) is 12.0. The van der Waals surface area contributed by atoms with Gasteiger partial charge in [-0.25, -0.2) is 0 Å². The Morgan fingerprint density at radius 1 is 1.44 bits per heavy atom. The Morgan fingerprint density at radius 2 is 2.19 bits per heavy atom. The molecule has 1 unspecified atom stereocenters. The molecule has 0 fully saturated rings. The summed E-state index contributed by atoms with van der Waals surface area (Å²) in [6.07, 6.45) is 4.38. The summed E-state index contributed by atoms with van der Waals surface area (Å²) in [5.74, 6) is -0.128. The third kappa shape index (κ3) is 3.53. The minimum atomic E-state index is -0.197. The van der Waals surface area contributed by atoms with Crippen LogP contribution in [0.1, 0.15) is 43.5 Å². The normalized spacial score (nSPS) is 12.1. The number of nitrogens with one attached hydrogen (secondary N) is 2. The van der Waals surface area contributed by atoms with Gasteiger partial charge in [-0.3, -0.25) is 9.59 Å². The molecule has 0 aliphatic rings. The summed E-state index contributed by atoms with van der Waals surface area (Å²) in [7, 11) is 0. The molecule has 1 amide bonds. The molecule has 88 valence electrons. The van der Waals surface area contributed by atoms with Gasteiger partial charge in [-0.1, -0.05) is 20.3 Å². The van der Waals surface area contributed by atoms with E-state index in [-0.39, 0.29) is 17.5 Å². The van der Waals surface area contributed by atoms with Crippen LogP contribution in [0.25, 0.3) is 0 Å². The molecule has 16 heavy (non-hydrogen) atoms. The predicted octanol–water partition coefficient (Wildman–Crippen LogP) is 1.68. The zero-order valence-electron chi connectivity index (χ0n) is 9.75. The smallest absolute Gasteiger partial charge is 0.252 e. The summed E-state index contributed by atoms with van der Waals surface area (Å²) in [5, 5.41) is 2.94. The fourth-order valence-electron chi connectivity index (χ4n) is 1.55. The van der Waals surface area contributed by atoms with E-state index >= 15 is 0 Å². The maximum absolute atomic E-state index is 11.8. The van der Waals surface area contributed by atoms with Gasteiger partial charge in [0, 0.05) is 18.3 Å². The Labute approximate surface area is 95.1 Å². The summed E-state index contributed by atoms with van der Waals surface area (Å²) < 4.78 is 0. The molecule has 0 aliphatic carbocycles. The van der Waals surface area contributed by atoms with Crippen molar-refractivity contribution < 1.29 is 4.79 Å². The first-order valence-corrected chi connectivity index (χ1v) is 5.67. The maximum atomic E-state index is 11.8. The van der Waals surface area contributed by atoms with Gasteiger partial charge in [-0.15, -0.1) is 0 Å². The molecule has 2 N–H and O–H groups in total. The summed E-state index contributed by atoms with van der Waals surface area (Å²) in [4.78, 5) is 25.1. The number of aromatic nitrogens is 1.